The van der Waals surface area contributed by atoms with E-state index in [1.807, 2.05) is 38.1 Å². The number of hydrogen-bond donors (Lipinski definition) is 2. The monoisotopic (exact) mass is 308 g/mol. The van der Waals surface area contributed by atoms with Gasteiger partial charge in [0.05, 0.1) is 11.5 Å². The highest BCUT2D eigenvalue weighted by Gasteiger charge is 2.11. The van der Waals surface area contributed by atoms with Crippen molar-refractivity contribution in [3.63, 3.8) is 0 Å². The van der Waals surface area contributed by atoms with Gasteiger partial charge in [0.15, 0.2) is 0 Å². The summed E-state index contributed by atoms with van der Waals surface area (Å²) < 4.78 is 0. The molecule has 1 aromatic rings. The van der Waals surface area contributed by atoms with Gasteiger partial charge < -0.3 is 10.6 Å². The van der Waals surface area contributed by atoms with Crippen molar-refractivity contribution >= 4 is 29.3 Å². The van der Waals surface area contributed by atoms with Crippen LogP contribution in [0.5, 0.6) is 0 Å². The van der Waals surface area contributed by atoms with E-state index in [0.29, 0.717) is 11.7 Å². The van der Waals surface area contributed by atoms with Crippen LogP contribution in [0, 0.1) is 12.8 Å². The minimum atomic E-state index is -0.0893. The maximum absolute atomic E-state index is 11.7. The molecule has 0 aromatic heterocycles. The summed E-state index contributed by atoms with van der Waals surface area (Å²) in [6.07, 6.45) is 0. The first-order valence-electron chi connectivity index (χ1n) is 7.12. The summed E-state index contributed by atoms with van der Waals surface area (Å²) in [7, 11) is 0. The summed E-state index contributed by atoms with van der Waals surface area (Å²) in [6.45, 7) is 8.11. The van der Waals surface area contributed by atoms with Gasteiger partial charge in [0.2, 0.25) is 11.8 Å². The van der Waals surface area contributed by atoms with Gasteiger partial charge in [-0.1, -0.05) is 31.5 Å². The lowest BCUT2D eigenvalue weighted by Gasteiger charge is -2.17. The number of amides is 2. The summed E-state index contributed by atoms with van der Waals surface area (Å²) in [5.41, 5.74) is 1.93. The Morgan fingerprint density at radius 3 is 2.19 bits per heavy atom. The predicted molar refractivity (Wildman–Crippen MR) is 89.6 cm³/mol. The molecule has 1 atom stereocenters. The highest BCUT2D eigenvalue weighted by atomic mass is 32.2. The SMILES string of the molecule is Cc1ccc(NC(=O)CSCC(=O)NC(C)C(C)C)cc1. The Labute approximate surface area is 131 Å². The second-order valence-electron chi connectivity index (χ2n) is 5.51. The van der Waals surface area contributed by atoms with Crippen molar-refractivity contribution in [1.29, 1.82) is 0 Å². The molecule has 1 unspecified atom stereocenters. The Bertz CT molecular complexity index is 472. The van der Waals surface area contributed by atoms with Gasteiger partial charge in [-0.2, -0.15) is 0 Å². The molecular formula is C16H24N2O2S. The van der Waals surface area contributed by atoms with Gasteiger partial charge in [-0.05, 0) is 31.9 Å². The van der Waals surface area contributed by atoms with E-state index in [2.05, 4.69) is 24.5 Å². The van der Waals surface area contributed by atoms with Crippen molar-refractivity contribution in [3.05, 3.63) is 29.8 Å². The molecule has 1 aromatic carbocycles. The molecule has 0 saturated carbocycles. The third kappa shape index (κ3) is 7.18. The molecule has 2 N–H and O–H groups in total. The molecule has 0 fully saturated rings. The second kappa shape index (κ2) is 8.72. The van der Waals surface area contributed by atoms with Crippen LogP contribution in [0.4, 0.5) is 5.69 Å². The number of carbonyl (C=O) groups is 2. The normalized spacial score (nSPS) is 12.0. The van der Waals surface area contributed by atoms with Crippen LogP contribution in [-0.4, -0.2) is 29.4 Å². The first-order chi connectivity index (χ1) is 9.88. The number of anilines is 1. The van der Waals surface area contributed by atoms with Crippen molar-refractivity contribution in [2.24, 2.45) is 5.92 Å². The fraction of sp³-hybridized carbons (Fsp3) is 0.500. The highest BCUT2D eigenvalue weighted by Crippen LogP contribution is 2.10. The number of thioether (sulfide) groups is 1. The number of hydrogen-bond acceptors (Lipinski definition) is 3. The van der Waals surface area contributed by atoms with Crippen molar-refractivity contribution in [2.45, 2.75) is 33.7 Å². The smallest absolute Gasteiger partial charge is 0.234 e. The van der Waals surface area contributed by atoms with Crippen molar-refractivity contribution in [1.82, 2.24) is 5.32 Å². The number of carbonyl (C=O) groups excluding carboxylic acids is 2. The minimum absolute atomic E-state index is 0.0238. The van der Waals surface area contributed by atoms with Gasteiger partial charge in [0.1, 0.15) is 0 Å². The molecule has 0 saturated heterocycles. The predicted octanol–water partition coefficient (Wildman–Crippen LogP) is 2.83. The van der Waals surface area contributed by atoms with Gasteiger partial charge in [-0.25, -0.2) is 0 Å². The number of benzene rings is 1. The first kappa shape index (κ1) is 17.6. The third-order valence-corrected chi connectivity index (χ3v) is 4.12. The summed E-state index contributed by atoms with van der Waals surface area (Å²) in [5, 5.41) is 5.73. The van der Waals surface area contributed by atoms with E-state index in [1.165, 1.54) is 11.8 Å². The van der Waals surface area contributed by atoms with Gasteiger partial charge in [0, 0.05) is 11.7 Å². The highest BCUT2D eigenvalue weighted by molar-refractivity contribution is 8.00. The van der Waals surface area contributed by atoms with Crippen LogP contribution in [0.25, 0.3) is 0 Å². The zero-order valence-corrected chi connectivity index (χ0v) is 13.9. The van der Waals surface area contributed by atoms with Crippen LogP contribution in [0.3, 0.4) is 0 Å². The molecule has 0 aliphatic heterocycles. The van der Waals surface area contributed by atoms with Crippen LogP contribution in [0.1, 0.15) is 26.3 Å². The van der Waals surface area contributed by atoms with Crippen LogP contribution in [-0.2, 0) is 9.59 Å². The quantitative estimate of drug-likeness (QED) is 0.814. The molecule has 0 bridgehead atoms. The van der Waals surface area contributed by atoms with E-state index in [-0.39, 0.29) is 23.6 Å². The molecule has 0 radical (unpaired) electrons. The molecule has 0 aliphatic rings. The molecule has 0 spiro atoms. The minimum Gasteiger partial charge on any atom is -0.353 e. The Morgan fingerprint density at radius 2 is 1.62 bits per heavy atom. The van der Waals surface area contributed by atoms with Crippen molar-refractivity contribution in [3.8, 4) is 0 Å². The number of nitrogens with one attached hydrogen (secondary N) is 2. The van der Waals surface area contributed by atoms with E-state index in [9.17, 15) is 9.59 Å². The largest absolute Gasteiger partial charge is 0.353 e. The summed E-state index contributed by atoms with van der Waals surface area (Å²) in [5.74, 6) is 0.872. The lowest BCUT2D eigenvalue weighted by molar-refractivity contribution is -0.119. The molecule has 2 amide bonds. The van der Waals surface area contributed by atoms with Crippen LogP contribution in [0.2, 0.25) is 0 Å². The molecular weight excluding hydrogens is 284 g/mol. The van der Waals surface area contributed by atoms with Crippen LogP contribution in [0.15, 0.2) is 24.3 Å². The topological polar surface area (TPSA) is 58.2 Å². The van der Waals surface area contributed by atoms with Crippen molar-refractivity contribution < 1.29 is 9.59 Å². The lowest BCUT2D eigenvalue weighted by Crippen LogP contribution is -2.37. The van der Waals surface area contributed by atoms with E-state index < -0.39 is 0 Å². The van der Waals surface area contributed by atoms with Crippen molar-refractivity contribution in [2.75, 3.05) is 16.8 Å². The van der Waals surface area contributed by atoms with E-state index in [4.69, 9.17) is 0 Å². The van der Waals surface area contributed by atoms with E-state index in [0.717, 1.165) is 11.3 Å². The molecule has 0 aliphatic carbocycles. The average molecular weight is 308 g/mol. The maximum atomic E-state index is 11.7. The summed E-state index contributed by atoms with van der Waals surface area (Å²) in [6, 6.07) is 7.79. The Kier molecular flexibility index (Phi) is 7.29. The standard InChI is InChI=1S/C16H24N2O2S/c1-11(2)13(4)17-15(19)9-21-10-16(20)18-14-7-5-12(3)6-8-14/h5-8,11,13H,9-10H2,1-4H3,(H,17,19)(H,18,20). The number of rotatable bonds is 7. The van der Waals surface area contributed by atoms with Crippen LogP contribution < -0.4 is 10.6 Å². The van der Waals surface area contributed by atoms with Crippen LogP contribution >= 0.6 is 11.8 Å². The maximum Gasteiger partial charge on any atom is 0.234 e. The fourth-order valence-corrected chi connectivity index (χ4v) is 2.16. The molecule has 1 rings (SSSR count). The third-order valence-electron chi connectivity index (χ3n) is 3.19. The zero-order chi connectivity index (χ0) is 15.8. The fourth-order valence-electron chi connectivity index (χ4n) is 1.53. The zero-order valence-electron chi connectivity index (χ0n) is 13.1. The molecule has 0 heterocycles. The van der Waals surface area contributed by atoms with Gasteiger partial charge in [0.25, 0.3) is 0 Å². The molecule has 5 heteroatoms. The van der Waals surface area contributed by atoms with Gasteiger partial charge >= 0.3 is 0 Å². The average Bonchev–Trinajstić information content (AvgIpc) is 2.41. The molecule has 21 heavy (non-hydrogen) atoms. The molecule has 116 valence electrons. The Hall–Kier alpha value is -1.49. The summed E-state index contributed by atoms with van der Waals surface area (Å²) in [4.78, 5) is 23.4. The summed E-state index contributed by atoms with van der Waals surface area (Å²) >= 11 is 1.32. The molecule has 4 nitrogen and oxygen atoms in total. The second-order valence-corrected chi connectivity index (χ2v) is 6.49. The van der Waals surface area contributed by atoms with Gasteiger partial charge in [-0.3, -0.25) is 9.59 Å². The number of aryl methyl sites for hydroxylation is 1. The Balaban J connectivity index is 2.24. The van der Waals surface area contributed by atoms with E-state index >= 15 is 0 Å². The van der Waals surface area contributed by atoms with E-state index in [1.54, 1.807) is 0 Å². The first-order valence-corrected chi connectivity index (χ1v) is 8.27. The van der Waals surface area contributed by atoms with Gasteiger partial charge in [-0.15, -0.1) is 11.8 Å². The Morgan fingerprint density at radius 1 is 1.05 bits per heavy atom. The lowest BCUT2D eigenvalue weighted by atomic mass is 10.1.